The summed E-state index contributed by atoms with van der Waals surface area (Å²) in [6, 6.07) is 24.5. The van der Waals surface area contributed by atoms with Crippen molar-refractivity contribution in [2.24, 2.45) is 5.10 Å². The second-order valence-corrected chi connectivity index (χ2v) is 6.53. The van der Waals surface area contributed by atoms with Crippen LogP contribution in [0.5, 0.6) is 0 Å². The lowest BCUT2D eigenvalue weighted by Gasteiger charge is -2.10. The van der Waals surface area contributed by atoms with Crippen LogP contribution in [-0.2, 0) is 0 Å². The molecule has 0 atom stereocenters. The van der Waals surface area contributed by atoms with Gasteiger partial charge in [0.15, 0.2) is 0 Å². The third kappa shape index (κ3) is 5.43. The molecule has 0 aliphatic rings. The van der Waals surface area contributed by atoms with Gasteiger partial charge in [-0.25, -0.2) is 0 Å². The average molecular weight is 378 g/mol. The number of hydrazone groups is 1. The minimum atomic E-state index is -0.175. The molecule has 0 fully saturated rings. The number of hydrogen-bond donors (Lipinski definition) is 2. The van der Waals surface area contributed by atoms with E-state index in [1.54, 1.807) is 24.3 Å². The molecule has 3 aromatic carbocycles. The van der Waals surface area contributed by atoms with Gasteiger partial charge in [0.1, 0.15) is 0 Å². The van der Waals surface area contributed by atoms with Crippen molar-refractivity contribution in [3.05, 3.63) is 101 Å². The van der Waals surface area contributed by atoms with Gasteiger partial charge in [0.05, 0.1) is 17.9 Å². The summed E-state index contributed by atoms with van der Waals surface area (Å²) >= 11 is 5.87. The Morgan fingerprint density at radius 2 is 1.56 bits per heavy atom. The summed E-state index contributed by atoms with van der Waals surface area (Å²) in [4.78, 5) is 12.4. The first-order valence-corrected chi connectivity index (χ1v) is 8.98. The van der Waals surface area contributed by atoms with Crippen molar-refractivity contribution < 1.29 is 4.79 Å². The normalized spacial score (nSPS) is 11.1. The van der Waals surface area contributed by atoms with E-state index in [0.717, 1.165) is 17.0 Å². The van der Waals surface area contributed by atoms with Crippen LogP contribution in [0.2, 0.25) is 5.02 Å². The molecule has 0 saturated carbocycles. The van der Waals surface area contributed by atoms with E-state index in [-0.39, 0.29) is 5.91 Å². The van der Waals surface area contributed by atoms with E-state index in [2.05, 4.69) is 15.8 Å². The van der Waals surface area contributed by atoms with Crippen molar-refractivity contribution in [1.82, 2.24) is 5.32 Å². The Hall–Kier alpha value is -3.11. The summed E-state index contributed by atoms with van der Waals surface area (Å²) in [5.41, 5.74) is 7.36. The lowest BCUT2D eigenvalue weighted by Crippen LogP contribution is -2.30. The fourth-order valence-corrected chi connectivity index (χ4v) is 2.59. The number of benzene rings is 3. The van der Waals surface area contributed by atoms with Gasteiger partial charge in [-0.05, 0) is 48.9 Å². The van der Waals surface area contributed by atoms with Crippen LogP contribution in [0, 0.1) is 6.92 Å². The number of aryl methyl sites for hydroxylation is 1. The fraction of sp³-hybridized carbons (Fsp3) is 0.0909. The first kappa shape index (κ1) is 18.7. The maximum atomic E-state index is 12.4. The minimum Gasteiger partial charge on any atom is -0.346 e. The predicted octanol–water partition coefficient (Wildman–Crippen LogP) is 4.89. The molecule has 0 saturated heterocycles. The summed E-state index contributed by atoms with van der Waals surface area (Å²) in [5, 5.41) is 8.01. The summed E-state index contributed by atoms with van der Waals surface area (Å²) in [5.74, 6) is -0.175. The maximum Gasteiger partial charge on any atom is 0.251 e. The first-order chi connectivity index (χ1) is 13.1. The van der Waals surface area contributed by atoms with Gasteiger partial charge in [-0.15, -0.1) is 0 Å². The molecule has 4 nitrogen and oxygen atoms in total. The quantitative estimate of drug-likeness (QED) is 0.474. The topological polar surface area (TPSA) is 53.5 Å². The molecule has 3 rings (SSSR count). The molecule has 0 radical (unpaired) electrons. The average Bonchev–Trinajstić information content (AvgIpc) is 2.70. The molecule has 3 aromatic rings. The number of nitrogens with one attached hydrogen (secondary N) is 2. The molecule has 0 bridgehead atoms. The number of carbonyl (C=O) groups is 1. The number of anilines is 1. The zero-order valence-electron chi connectivity index (χ0n) is 14.9. The van der Waals surface area contributed by atoms with Gasteiger partial charge in [0, 0.05) is 10.6 Å². The second-order valence-electron chi connectivity index (χ2n) is 6.09. The maximum absolute atomic E-state index is 12.4. The molecule has 0 heterocycles. The van der Waals surface area contributed by atoms with E-state index in [0.29, 0.717) is 17.1 Å². The number of rotatable bonds is 6. The summed E-state index contributed by atoms with van der Waals surface area (Å²) in [7, 11) is 0. The Balaban J connectivity index is 1.74. The van der Waals surface area contributed by atoms with Crippen LogP contribution in [0.25, 0.3) is 0 Å². The molecular formula is C22H20ClN3O. The Morgan fingerprint density at radius 1 is 0.889 bits per heavy atom. The van der Waals surface area contributed by atoms with Crippen LogP contribution < -0.4 is 10.7 Å². The van der Waals surface area contributed by atoms with Crippen molar-refractivity contribution in [3.8, 4) is 0 Å². The van der Waals surface area contributed by atoms with Crippen LogP contribution in [0.4, 0.5) is 5.69 Å². The Bertz CT molecular complexity index is 920. The van der Waals surface area contributed by atoms with Crippen LogP contribution in [0.15, 0.2) is 84.0 Å². The highest BCUT2D eigenvalue weighted by Crippen LogP contribution is 2.11. The number of nitrogens with zero attached hydrogens (tertiary/aromatic N) is 1. The lowest BCUT2D eigenvalue weighted by molar-refractivity contribution is 0.0959. The van der Waals surface area contributed by atoms with E-state index in [4.69, 9.17) is 11.6 Å². The molecule has 0 aliphatic carbocycles. The van der Waals surface area contributed by atoms with Crippen LogP contribution >= 0.6 is 11.6 Å². The van der Waals surface area contributed by atoms with Gasteiger partial charge in [-0.1, -0.05) is 59.6 Å². The lowest BCUT2D eigenvalue weighted by atomic mass is 10.1. The molecule has 136 valence electrons. The van der Waals surface area contributed by atoms with Gasteiger partial charge in [-0.2, -0.15) is 5.10 Å². The highest BCUT2D eigenvalue weighted by Gasteiger charge is 2.09. The van der Waals surface area contributed by atoms with Crippen molar-refractivity contribution in [3.63, 3.8) is 0 Å². The van der Waals surface area contributed by atoms with E-state index in [1.807, 2.05) is 61.5 Å². The van der Waals surface area contributed by atoms with Gasteiger partial charge in [-0.3, -0.25) is 10.2 Å². The number of hydrogen-bond acceptors (Lipinski definition) is 3. The third-order valence-corrected chi connectivity index (χ3v) is 4.25. The number of amides is 1. The molecular weight excluding hydrogens is 358 g/mol. The van der Waals surface area contributed by atoms with E-state index < -0.39 is 0 Å². The highest BCUT2D eigenvalue weighted by molar-refractivity contribution is 6.30. The molecule has 0 spiro atoms. The standard InChI is InChI=1S/C22H20ClN3O/c1-16-7-13-20(14-8-16)25-26-21(17-5-3-2-4-6-17)15-24-22(27)18-9-11-19(23)12-10-18/h2-14,25H,15H2,1H3,(H,24,27). The Labute approximate surface area is 163 Å². The number of halogens is 1. The molecule has 1 amide bonds. The summed E-state index contributed by atoms with van der Waals surface area (Å²) < 4.78 is 0. The molecule has 0 aromatic heterocycles. The van der Waals surface area contributed by atoms with Gasteiger partial charge in [0.2, 0.25) is 0 Å². The van der Waals surface area contributed by atoms with Crippen molar-refractivity contribution in [2.45, 2.75) is 6.92 Å². The van der Waals surface area contributed by atoms with Crippen LogP contribution in [0.1, 0.15) is 21.5 Å². The third-order valence-electron chi connectivity index (χ3n) is 4.00. The van der Waals surface area contributed by atoms with Crippen molar-refractivity contribution in [2.75, 3.05) is 12.0 Å². The summed E-state index contributed by atoms with van der Waals surface area (Å²) in [6.45, 7) is 2.33. The molecule has 0 aliphatic heterocycles. The van der Waals surface area contributed by atoms with E-state index >= 15 is 0 Å². The van der Waals surface area contributed by atoms with Crippen LogP contribution in [0.3, 0.4) is 0 Å². The Morgan fingerprint density at radius 3 is 2.22 bits per heavy atom. The van der Waals surface area contributed by atoms with Crippen molar-refractivity contribution >= 4 is 28.9 Å². The van der Waals surface area contributed by atoms with Gasteiger partial charge >= 0.3 is 0 Å². The van der Waals surface area contributed by atoms with Crippen molar-refractivity contribution in [1.29, 1.82) is 0 Å². The molecule has 27 heavy (non-hydrogen) atoms. The second kappa shape index (κ2) is 9.01. The largest absolute Gasteiger partial charge is 0.346 e. The molecule has 5 heteroatoms. The highest BCUT2D eigenvalue weighted by atomic mass is 35.5. The summed E-state index contributed by atoms with van der Waals surface area (Å²) in [6.07, 6.45) is 0. The smallest absolute Gasteiger partial charge is 0.251 e. The number of carbonyl (C=O) groups excluding carboxylic acids is 1. The van der Waals surface area contributed by atoms with Gasteiger partial charge < -0.3 is 5.32 Å². The SMILES string of the molecule is Cc1ccc(NN=C(CNC(=O)c2ccc(Cl)cc2)c2ccccc2)cc1. The van der Waals surface area contributed by atoms with Gasteiger partial charge in [0.25, 0.3) is 5.91 Å². The monoisotopic (exact) mass is 377 g/mol. The first-order valence-electron chi connectivity index (χ1n) is 8.60. The Kier molecular flexibility index (Phi) is 6.23. The zero-order valence-corrected chi connectivity index (χ0v) is 15.7. The zero-order chi connectivity index (χ0) is 19.1. The van der Waals surface area contributed by atoms with E-state index in [1.165, 1.54) is 5.56 Å². The van der Waals surface area contributed by atoms with E-state index in [9.17, 15) is 4.79 Å². The fourth-order valence-electron chi connectivity index (χ4n) is 2.46. The van der Waals surface area contributed by atoms with Crippen LogP contribution in [-0.4, -0.2) is 18.2 Å². The minimum absolute atomic E-state index is 0.175. The molecule has 2 N–H and O–H groups in total. The molecule has 0 unspecified atom stereocenters. The predicted molar refractivity (Wildman–Crippen MR) is 112 cm³/mol.